The Kier molecular flexibility index (Phi) is 33.7. The summed E-state index contributed by atoms with van der Waals surface area (Å²) >= 11 is 0. The van der Waals surface area contributed by atoms with Crippen LogP contribution >= 0.6 is 0 Å². The molecule has 2 aromatic carbocycles. The summed E-state index contributed by atoms with van der Waals surface area (Å²) in [6.07, 6.45) is 53.4. The van der Waals surface area contributed by atoms with Crippen molar-refractivity contribution in [2.45, 2.75) is 0 Å². The van der Waals surface area contributed by atoms with Gasteiger partial charge in [-0.3, -0.25) is 11.8 Å². The SMILES string of the molecule is [C-]#Cc1ccccc1.[C-]#Cc1ccccc1.[CH]1[CH][CH][CH][CH]1.[CH]1[CH][CH][CH][CH]1.[CH]1[CH][CH][CH][CH]1.[CH]1[CH][CH][CH][CH]1.[Sc].[Sc]. The largest absolute Gasteiger partial charge is 0.366 e. The molecule has 0 nitrogen and oxygen atoms in total. The minimum atomic E-state index is 0. The molecule has 0 saturated heterocycles. The zero-order chi connectivity index (χ0) is 25.8. The van der Waals surface area contributed by atoms with Crippen molar-refractivity contribution >= 4 is 0 Å². The van der Waals surface area contributed by atoms with Gasteiger partial charge in [-0.2, -0.15) is 0 Å². The Morgan fingerprint density at radius 1 is 0.289 bits per heavy atom. The second-order valence-electron chi connectivity index (χ2n) is 6.83. The first kappa shape index (κ1) is 39.4. The molecule has 38 heavy (non-hydrogen) atoms. The summed E-state index contributed by atoms with van der Waals surface area (Å²) in [7, 11) is 0. The predicted octanol–water partition coefficient (Wildman–Crippen LogP) is 7.33. The van der Waals surface area contributed by atoms with Crippen LogP contribution in [0, 0.1) is 153 Å². The molecule has 4 aliphatic carbocycles. The minimum absolute atomic E-state index is 0. The Morgan fingerprint density at radius 2 is 0.447 bits per heavy atom. The van der Waals surface area contributed by atoms with Gasteiger partial charge in [-0.1, -0.05) is 36.4 Å². The molecular weight excluding hydrogens is 522 g/mol. The van der Waals surface area contributed by atoms with Crippen LogP contribution in [0.1, 0.15) is 11.1 Å². The number of rotatable bonds is 0. The average molecular weight is 553 g/mol. The van der Waals surface area contributed by atoms with Crippen molar-refractivity contribution in [3.05, 3.63) is 213 Å². The van der Waals surface area contributed by atoms with Gasteiger partial charge >= 0.3 is 0 Å². The number of benzene rings is 2. The molecule has 4 aliphatic rings. The van der Waals surface area contributed by atoms with Gasteiger partial charge in [0.1, 0.15) is 0 Å². The standard InChI is InChI=1S/2C8H5.4C5H5.2Sc/c2*1-2-8-6-4-3-5-7-8;4*1-2-4-5-3-1;;/h2*3-7H;4*1-5H;;/q2*-1;;;;;;. The summed E-state index contributed by atoms with van der Waals surface area (Å²) in [5.41, 5.74) is 1.65. The van der Waals surface area contributed by atoms with Crippen molar-refractivity contribution in [1.29, 1.82) is 0 Å². The number of hydrogen-bond acceptors (Lipinski definition) is 0. The average Bonchev–Trinajstić information content (AvgIpc) is 3.81. The molecule has 0 aliphatic heterocycles. The maximum atomic E-state index is 6.69. The first-order valence-corrected chi connectivity index (χ1v) is 11.5. The molecule has 0 heterocycles. The van der Waals surface area contributed by atoms with Crippen LogP contribution in [0.15, 0.2) is 60.7 Å². The normalized spacial score (nSPS) is 15.9. The Labute approximate surface area is 274 Å². The summed E-state index contributed by atoms with van der Waals surface area (Å²) in [4.78, 5) is 0. The zero-order valence-electron chi connectivity index (χ0n) is 21.5. The smallest absolute Gasteiger partial charge is 0 e. The molecule has 4 fully saturated rings. The summed E-state index contributed by atoms with van der Waals surface area (Å²) < 4.78 is 0. The van der Waals surface area contributed by atoms with Crippen molar-refractivity contribution in [3.63, 3.8) is 0 Å². The van der Waals surface area contributed by atoms with Crippen LogP contribution in [-0.2, 0) is 51.7 Å². The fourth-order valence-corrected chi connectivity index (χ4v) is 2.33. The van der Waals surface area contributed by atoms with Crippen LogP contribution in [0.3, 0.4) is 0 Å². The Balaban J connectivity index is 0. The monoisotopic (exact) mass is 552 g/mol. The Hall–Kier alpha value is -0.700. The van der Waals surface area contributed by atoms with Gasteiger partial charge in [-0.25, -0.2) is 0 Å². The molecule has 0 bridgehead atoms. The summed E-state index contributed by atoms with van der Waals surface area (Å²) in [6.45, 7) is 0. The topological polar surface area (TPSA) is 0 Å². The van der Waals surface area contributed by atoms with Crippen molar-refractivity contribution in [2.24, 2.45) is 0 Å². The molecule has 0 N–H and O–H groups in total. The van der Waals surface area contributed by atoms with Gasteiger partial charge in [0.25, 0.3) is 0 Å². The summed E-state index contributed by atoms with van der Waals surface area (Å²) in [5, 5.41) is 0. The maximum absolute atomic E-state index is 6.69. The molecule has 0 spiro atoms. The molecule has 2 heteroatoms. The van der Waals surface area contributed by atoms with Crippen LogP contribution in [-0.4, -0.2) is 0 Å². The van der Waals surface area contributed by atoms with Crippen molar-refractivity contribution in [1.82, 2.24) is 0 Å². The van der Waals surface area contributed by atoms with Crippen LogP contribution in [0.4, 0.5) is 0 Å². The van der Waals surface area contributed by atoms with E-state index in [0.717, 1.165) is 11.1 Å². The van der Waals surface area contributed by atoms with Gasteiger partial charge in [-0.05, 0) is 128 Å². The van der Waals surface area contributed by atoms with Gasteiger partial charge in [-0.15, -0.1) is 35.4 Å². The second-order valence-corrected chi connectivity index (χ2v) is 6.83. The minimum Gasteiger partial charge on any atom is -0.366 e. The molecule has 0 atom stereocenters. The molecule has 22 radical (unpaired) electrons. The number of hydrogen-bond donors (Lipinski definition) is 0. The fraction of sp³-hybridized carbons (Fsp3) is 0. The second kappa shape index (κ2) is 32.5. The van der Waals surface area contributed by atoms with Gasteiger partial charge in [0.05, 0.1) is 0 Å². The maximum Gasteiger partial charge on any atom is 0 e. The van der Waals surface area contributed by atoms with Crippen molar-refractivity contribution in [3.8, 4) is 11.8 Å². The van der Waals surface area contributed by atoms with Crippen LogP contribution in [0.25, 0.3) is 0 Å². The first-order valence-electron chi connectivity index (χ1n) is 11.5. The van der Waals surface area contributed by atoms with E-state index < -0.39 is 0 Å². The van der Waals surface area contributed by atoms with Crippen molar-refractivity contribution in [2.75, 3.05) is 0 Å². The predicted molar refractivity (Wildman–Crippen MR) is 151 cm³/mol. The van der Waals surface area contributed by atoms with E-state index in [4.69, 9.17) is 12.8 Å². The third-order valence-electron chi connectivity index (χ3n) is 4.06. The van der Waals surface area contributed by atoms with Gasteiger partial charge in [0.15, 0.2) is 0 Å². The molecular formula is C36H30Sc2-2. The Morgan fingerprint density at radius 3 is 0.553 bits per heavy atom. The molecule has 2 aromatic rings. The molecule has 0 unspecified atom stereocenters. The molecule has 0 aromatic heterocycles. The van der Waals surface area contributed by atoms with E-state index in [2.05, 4.69) is 11.8 Å². The van der Waals surface area contributed by atoms with Gasteiger partial charge < -0.3 is 12.8 Å². The Bertz CT molecular complexity index is 650. The summed E-state index contributed by atoms with van der Waals surface area (Å²) in [6, 6.07) is 18.7. The third-order valence-corrected chi connectivity index (χ3v) is 4.06. The van der Waals surface area contributed by atoms with E-state index in [0.29, 0.717) is 0 Å². The summed E-state index contributed by atoms with van der Waals surface area (Å²) in [5.74, 6) is 4.55. The van der Waals surface area contributed by atoms with Gasteiger partial charge in [0.2, 0.25) is 0 Å². The molecule has 182 valence electrons. The quantitative estimate of drug-likeness (QED) is 0.237. The molecule has 0 amide bonds. The van der Waals surface area contributed by atoms with E-state index in [1.165, 1.54) is 0 Å². The first-order chi connectivity index (χ1) is 17.9. The molecule has 6 rings (SSSR count). The van der Waals surface area contributed by atoms with Gasteiger partial charge in [0, 0.05) is 51.7 Å². The fourth-order valence-electron chi connectivity index (χ4n) is 2.33. The zero-order valence-corrected chi connectivity index (χ0v) is 25.1. The van der Waals surface area contributed by atoms with Crippen LogP contribution in [0.5, 0.6) is 0 Å². The molecule has 4 saturated carbocycles. The van der Waals surface area contributed by atoms with E-state index in [1.54, 1.807) is 0 Å². The van der Waals surface area contributed by atoms with Crippen LogP contribution in [0.2, 0.25) is 0 Å². The van der Waals surface area contributed by atoms with Crippen molar-refractivity contribution < 1.29 is 51.7 Å². The van der Waals surface area contributed by atoms with E-state index in [1.807, 2.05) is 189 Å². The van der Waals surface area contributed by atoms with E-state index in [9.17, 15) is 0 Å². The van der Waals surface area contributed by atoms with E-state index >= 15 is 0 Å². The van der Waals surface area contributed by atoms with E-state index in [-0.39, 0.29) is 51.7 Å². The van der Waals surface area contributed by atoms with Crippen LogP contribution < -0.4 is 0 Å². The third kappa shape index (κ3) is 26.9.